The molecule has 0 unspecified atom stereocenters. The second kappa shape index (κ2) is 10.4. The van der Waals surface area contributed by atoms with E-state index in [9.17, 15) is 18.8 Å². The number of carbonyl (C=O) groups excluding carboxylic acids is 3. The predicted molar refractivity (Wildman–Crippen MR) is 146 cm³/mol. The number of hydrogen-bond acceptors (Lipinski definition) is 5. The number of benzene rings is 2. The van der Waals surface area contributed by atoms with Crippen LogP contribution in [0.1, 0.15) is 38.2 Å². The van der Waals surface area contributed by atoms with Crippen LogP contribution >= 0.6 is 0 Å². The molecule has 2 aromatic rings. The lowest BCUT2D eigenvalue weighted by atomic mass is 9.74. The van der Waals surface area contributed by atoms with E-state index in [1.165, 1.54) is 11.0 Å². The van der Waals surface area contributed by atoms with Crippen LogP contribution in [0.4, 0.5) is 10.1 Å². The van der Waals surface area contributed by atoms with Crippen molar-refractivity contribution in [2.45, 2.75) is 62.9 Å². The number of carbonyl (C=O) groups is 3. The average molecular weight is 548 g/mol. The monoisotopic (exact) mass is 547 g/mol. The van der Waals surface area contributed by atoms with Gasteiger partial charge in [-0.2, -0.15) is 0 Å². The average Bonchev–Trinajstić information content (AvgIpc) is 3.59. The van der Waals surface area contributed by atoms with Crippen molar-refractivity contribution < 1.29 is 28.2 Å². The fourth-order valence-corrected chi connectivity index (χ4v) is 6.97. The molecule has 2 saturated heterocycles. The lowest BCUT2D eigenvalue weighted by Crippen LogP contribution is -2.57. The van der Waals surface area contributed by atoms with E-state index in [2.05, 4.69) is 17.6 Å². The molecule has 0 radical (unpaired) electrons. The van der Waals surface area contributed by atoms with Gasteiger partial charge in [-0.15, -0.1) is 0 Å². The Balaban J connectivity index is 1.33. The zero-order valence-electron chi connectivity index (χ0n) is 22.6. The maximum Gasteiger partial charge on any atom is 0.246 e. The van der Waals surface area contributed by atoms with Gasteiger partial charge in [0.25, 0.3) is 0 Å². The molecule has 2 aromatic carbocycles. The zero-order chi connectivity index (χ0) is 28.0. The Kier molecular flexibility index (Phi) is 6.86. The molecule has 40 heavy (non-hydrogen) atoms. The fraction of sp³-hybridized carbons (Fsp3) is 0.452. The number of nitrogens with zero attached hydrogens (tertiary/aromatic N) is 1. The molecule has 0 aromatic heterocycles. The van der Waals surface area contributed by atoms with Gasteiger partial charge in [0.15, 0.2) is 0 Å². The summed E-state index contributed by atoms with van der Waals surface area (Å²) in [7, 11) is 1.54. The molecule has 6 rings (SSSR count). The maximum atomic E-state index is 14.7. The highest BCUT2D eigenvalue weighted by Crippen LogP contribution is 2.55. The number of halogens is 1. The highest BCUT2D eigenvalue weighted by molar-refractivity contribution is 6.02. The minimum absolute atomic E-state index is 0.0168. The summed E-state index contributed by atoms with van der Waals surface area (Å²) in [5.74, 6) is -2.44. The van der Waals surface area contributed by atoms with Crippen LogP contribution in [-0.4, -0.2) is 53.5 Å². The topological polar surface area (TPSA) is 97.0 Å². The summed E-state index contributed by atoms with van der Waals surface area (Å²) in [6.07, 6.45) is 6.92. The van der Waals surface area contributed by atoms with Gasteiger partial charge in [0, 0.05) is 29.9 Å². The van der Waals surface area contributed by atoms with Crippen molar-refractivity contribution in [1.29, 1.82) is 0 Å². The van der Waals surface area contributed by atoms with Crippen LogP contribution in [-0.2, 0) is 25.7 Å². The quantitative estimate of drug-likeness (QED) is 0.514. The van der Waals surface area contributed by atoms with Crippen molar-refractivity contribution in [3.63, 3.8) is 0 Å². The fourth-order valence-electron chi connectivity index (χ4n) is 6.97. The van der Waals surface area contributed by atoms with Crippen LogP contribution in [0, 0.1) is 23.6 Å². The van der Waals surface area contributed by atoms with Crippen molar-refractivity contribution in [1.82, 2.24) is 10.2 Å². The lowest BCUT2D eigenvalue weighted by Gasteiger charge is -2.36. The summed E-state index contributed by atoms with van der Waals surface area (Å²) < 4.78 is 26.4. The molecule has 3 heterocycles. The van der Waals surface area contributed by atoms with E-state index in [4.69, 9.17) is 9.47 Å². The van der Waals surface area contributed by atoms with Crippen molar-refractivity contribution >= 4 is 23.4 Å². The Labute approximate surface area is 232 Å². The first-order valence-corrected chi connectivity index (χ1v) is 14.0. The van der Waals surface area contributed by atoms with E-state index in [0.717, 1.165) is 25.7 Å². The summed E-state index contributed by atoms with van der Waals surface area (Å²) >= 11 is 0. The predicted octanol–water partition coefficient (Wildman–Crippen LogP) is 3.82. The lowest BCUT2D eigenvalue weighted by molar-refractivity contribution is -0.142. The van der Waals surface area contributed by atoms with Gasteiger partial charge in [-0.25, -0.2) is 4.39 Å². The minimum atomic E-state index is -1.31. The van der Waals surface area contributed by atoms with Gasteiger partial charge in [-0.05, 0) is 37.0 Å². The molecule has 3 fully saturated rings. The standard InChI is InChI=1S/C31H34FN3O5/c1-18-8-3-6-13-23(18)34-29(37)27-31-15-14-24(40-31)25(28(36)33-20-10-7-11-21(16-20)39-2)26(31)30(38)35(27)17-19-9-4-5-12-22(19)32/h4-5,7,9-12,14-16,18,23-27H,3,6,8,13,17H2,1-2H3,(H,33,36)(H,34,37)/t18-,23-,24+,25-,26+,27+,31+/m0/s1. The van der Waals surface area contributed by atoms with Gasteiger partial charge >= 0.3 is 0 Å². The third-order valence-corrected chi connectivity index (χ3v) is 9.00. The normalized spacial score (nSPS) is 32.2. The minimum Gasteiger partial charge on any atom is -0.497 e. The van der Waals surface area contributed by atoms with Crippen LogP contribution < -0.4 is 15.4 Å². The van der Waals surface area contributed by atoms with E-state index >= 15 is 0 Å². The largest absolute Gasteiger partial charge is 0.497 e. The number of amides is 3. The Bertz CT molecular complexity index is 1360. The summed E-state index contributed by atoms with van der Waals surface area (Å²) in [4.78, 5) is 43.2. The highest BCUT2D eigenvalue weighted by atomic mass is 19.1. The number of rotatable bonds is 7. The zero-order valence-corrected chi connectivity index (χ0v) is 22.6. The summed E-state index contributed by atoms with van der Waals surface area (Å²) in [6, 6.07) is 12.1. The van der Waals surface area contributed by atoms with Gasteiger partial charge in [0.05, 0.1) is 25.0 Å². The number of fused-ring (bicyclic) bond motifs is 1. The molecular formula is C31H34FN3O5. The van der Waals surface area contributed by atoms with E-state index in [1.807, 2.05) is 0 Å². The molecule has 1 aliphatic carbocycles. The molecule has 1 spiro atoms. The first kappa shape index (κ1) is 26.5. The number of anilines is 1. The first-order chi connectivity index (χ1) is 19.3. The molecular weight excluding hydrogens is 513 g/mol. The SMILES string of the molecule is COc1cccc(NC(=O)[C@H]2[C@H]3C=C[C@@]4(O3)[C@H]2C(=O)N(Cc2ccccc2F)[C@@H]4C(=O)N[C@H]2CCCC[C@@H]2C)c1. The second-order valence-corrected chi connectivity index (χ2v) is 11.4. The summed E-state index contributed by atoms with van der Waals surface area (Å²) in [6.45, 7) is 2.02. The van der Waals surface area contributed by atoms with E-state index < -0.39 is 41.3 Å². The Morgan fingerprint density at radius 3 is 2.70 bits per heavy atom. The van der Waals surface area contributed by atoms with Gasteiger partial charge in [-0.3, -0.25) is 14.4 Å². The van der Waals surface area contributed by atoms with Crippen molar-refractivity contribution in [2.24, 2.45) is 17.8 Å². The van der Waals surface area contributed by atoms with Crippen LogP contribution in [0.3, 0.4) is 0 Å². The molecule has 2 bridgehead atoms. The number of nitrogens with one attached hydrogen (secondary N) is 2. The van der Waals surface area contributed by atoms with Crippen molar-refractivity contribution in [3.05, 3.63) is 72.1 Å². The molecule has 210 valence electrons. The van der Waals surface area contributed by atoms with E-state index in [-0.39, 0.29) is 24.4 Å². The van der Waals surface area contributed by atoms with Gasteiger partial charge in [0.1, 0.15) is 23.2 Å². The van der Waals surface area contributed by atoms with Gasteiger partial charge in [0.2, 0.25) is 17.7 Å². The third-order valence-electron chi connectivity index (χ3n) is 9.00. The van der Waals surface area contributed by atoms with Crippen LogP contribution in [0.25, 0.3) is 0 Å². The molecule has 3 aliphatic heterocycles. The van der Waals surface area contributed by atoms with Crippen LogP contribution in [0.5, 0.6) is 5.75 Å². The van der Waals surface area contributed by atoms with Crippen molar-refractivity contribution in [3.8, 4) is 5.75 Å². The van der Waals surface area contributed by atoms with Gasteiger partial charge in [-0.1, -0.05) is 56.2 Å². The Hall–Kier alpha value is -3.72. The maximum absolute atomic E-state index is 14.7. The summed E-state index contributed by atoms with van der Waals surface area (Å²) in [5, 5.41) is 6.09. The molecule has 3 amide bonds. The van der Waals surface area contributed by atoms with E-state index in [0.29, 0.717) is 22.9 Å². The van der Waals surface area contributed by atoms with Crippen molar-refractivity contribution in [2.75, 3.05) is 12.4 Å². The number of hydrogen-bond donors (Lipinski definition) is 2. The molecule has 8 nitrogen and oxygen atoms in total. The Morgan fingerprint density at radius 1 is 1.12 bits per heavy atom. The molecule has 4 aliphatic rings. The van der Waals surface area contributed by atoms with Crippen LogP contribution in [0.2, 0.25) is 0 Å². The van der Waals surface area contributed by atoms with E-state index in [1.54, 1.807) is 61.7 Å². The highest BCUT2D eigenvalue weighted by Gasteiger charge is 2.72. The number of methoxy groups -OCH3 is 1. The summed E-state index contributed by atoms with van der Waals surface area (Å²) in [5.41, 5.74) is -0.489. The second-order valence-electron chi connectivity index (χ2n) is 11.4. The first-order valence-electron chi connectivity index (χ1n) is 14.0. The third kappa shape index (κ3) is 4.36. The van der Waals surface area contributed by atoms with Crippen LogP contribution in [0.15, 0.2) is 60.7 Å². The number of ether oxygens (including phenoxy) is 2. The molecule has 9 heteroatoms. The molecule has 1 saturated carbocycles. The molecule has 2 N–H and O–H groups in total. The Morgan fingerprint density at radius 2 is 1.93 bits per heavy atom. The number of likely N-dealkylation sites (tertiary alicyclic amines) is 1. The smallest absolute Gasteiger partial charge is 0.246 e. The molecule has 7 atom stereocenters. The van der Waals surface area contributed by atoms with Gasteiger partial charge < -0.3 is 25.0 Å².